The van der Waals surface area contributed by atoms with Crippen molar-refractivity contribution in [2.75, 3.05) is 44.4 Å². The lowest BCUT2D eigenvalue weighted by atomic mass is 10.1. The SMILES string of the molecule is OC(CN1CCN(c2ncc(Cl)cc2Cl)CC1)c1ccc2c(c1)OCO2. The molecule has 1 atom stereocenters. The Labute approximate surface area is 161 Å². The van der Waals surface area contributed by atoms with Crippen molar-refractivity contribution < 1.29 is 14.6 Å². The molecule has 2 aliphatic heterocycles. The van der Waals surface area contributed by atoms with Gasteiger partial charge in [0.25, 0.3) is 0 Å². The number of pyridine rings is 1. The van der Waals surface area contributed by atoms with E-state index >= 15 is 0 Å². The molecule has 2 aromatic rings. The van der Waals surface area contributed by atoms with E-state index in [4.69, 9.17) is 32.7 Å². The summed E-state index contributed by atoms with van der Waals surface area (Å²) in [5.41, 5.74) is 0.832. The average Bonchev–Trinajstić information content (AvgIpc) is 3.10. The van der Waals surface area contributed by atoms with E-state index < -0.39 is 6.10 Å². The van der Waals surface area contributed by atoms with Crippen LogP contribution in [0.5, 0.6) is 11.5 Å². The van der Waals surface area contributed by atoms with Gasteiger partial charge >= 0.3 is 0 Å². The molecular weight excluding hydrogens is 377 g/mol. The maximum absolute atomic E-state index is 10.6. The van der Waals surface area contributed by atoms with E-state index in [9.17, 15) is 5.11 Å². The van der Waals surface area contributed by atoms with Crippen LogP contribution in [0.3, 0.4) is 0 Å². The Balaban J connectivity index is 1.35. The minimum Gasteiger partial charge on any atom is -0.454 e. The summed E-state index contributed by atoms with van der Waals surface area (Å²) in [6.07, 6.45) is 1.03. The van der Waals surface area contributed by atoms with Crippen LogP contribution in [0.4, 0.5) is 5.82 Å². The van der Waals surface area contributed by atoms with Crippen molar-refractivity contribution in [3.63, 3.8) is 0 Å². The highest BCUT2D eigenvalue weighted by molar-refractivity contribution is 6.36. The van der Waals surface area contributed by atoms with Gasteiger partial charge in [-0.2, -0.15) is 0 Å². The van der Waals surface area contributed by atoms with Crippen molar-refractivity contribution >= 4 is 29.0 Å². The normalized spacial score (nSPS) is 18.2. The van der Waals surface area contributed by atoms with Crippen LogP contribution in [0, 0.1) is 0 Å². The van der Waals surface area contributed by atoms with Crippen molar-refractivity contribution in [3.8, 4) is 11.5 Å². The maximum Gasteiger partial charge on any atom is 0.231 e. The van der Waals surface area contributed by atoms with Crippen LogP contribution in [0.2, 0.25) is 10.0 Å². The Morgan fingerprint density at radius 2 is 1.85 bits per heavy atom. The zero-order valence-corrected chi connectivity index (χ0v) is 15.6. The number of piperazine rings is 1. The van der Waals surface area contributed by atoms with E-state index in [1.807, 2.05) is 18.2 Å². The van der Waals surface area contributed by atoms with E-state index in [0.717, 1.165) is 43.3 Å². The number of aliphatic hydroxyl groups is 1. The topological polar surface area (TPSA) is 58.1 Å². The first-order valence-electron chi connectivity index (χ1n) is 8.46. The van der Waals surface area contributed by atoms with Gasteiger partial charge in [-0.25, -0.2) is 4.98 Å². The molecule has 0 aliphatic carbocycles. The molecule has 1 unspecified atom stereocenters. The first kappa shape index (κ1) is 17.7. The summed E-state index contributed by atoms with van der Waals surface area (Å²) in [4.78, 5) is 8.71. The molecule has 26 heavy (non-hydrogen) atoms. The summed E-state index contributed by atoms with van der Waals surface area (Å²) in [5, 5.41) is 11.7. The van der Waals surface area contributed by atoms with Crippen LogP contribution in [-0.2, 0) is 0 Å². The molecule has 2 aliphatic rings. The number of hydrogen-bond donors (Lipinski definition) is 1. The Bertz CT molecular complexity index is 797. The molecule has 8 heteroatoms. The van der Waals surface area contributed by atoms with Crippen molar-refractivity contribution in [3.05, 3.63) is 46.1 Å². The number of rotatable bonds is 4. The average molecular weight is 396 g/mol. The number of β-amino-alcohol motifs (C(OH)–C–C–N with tert-alkyl or cyclic N) is 1. The number of halogens is 2. The maximum atomic E-state index is 10.6. The second kappa shape index (κ2) is 7.48. The highest BCUT2D eigenvalue weighted by Gasteiger charge is 2.23. The molecule has 4 rings (SSSR count). The lowest BCUT2D eigenvalue weighted by Crippen LogP contribution is -2.47. The number of ether oxygens (including phenoxy) is 2. The molecule has 0 spiro atoms. The lowest BCUT2D eigenvalue weighted by molar-refractivity contribution is 0.109. The molecule has 0 saturated carbocycles. The number of aliphatic hydroxyl groups excluding tert-OH is 1. The largest absolute Gasteiger partial charge is 0.454 e. The van der Waals surface area contributed by atoms with Crippen molar-refractivity contribution in [2.45, 2.75) is 6.10 Å². The fraction of sp³-hybridized carbons (Fsp3) is 0.389. The van der Waals surface area contributed by atoms with E-state index in [-0.39, 0.29) is 6.79 Å². The first-order chi connectivity index (χ1) is 12.6. The molecular formula is C18H19Cl2N3O3. The third-order valence-electron chi connectivity index (χ3n) is 4.67. The fourth-order valence-corrected chi connectivity index (χ4v) is 3.75. The van der Waals surface area contributed by atoms with Crippen LogP contribution in [0.1, 0.15) is 11.7 Å². The third-order valence-corrected chi connectivity index (χ3v) is 5.16. The number of anilines is 1. The summed E-state index contributed by atoms with van der Waals surface area (Å²) in [7, 11) is 0. The predicted molar refractivity (Wildman–Crippen MR) is 100 cm³/mol. The van der Waals surface area contributed by atoms with Gasteiger partial charge < -0.3 is 19.5 Å². The van der Waals surface area contributed by atoms with Crippen molar-refractivity contribution in [1.82, 2.24) is 9.88 Å². The van der Waals surface area contributed by atoms with Gasteiger partial charge in [0.15, 0.2) is 11.5 Å². The van der Waals surface area contributed by atoms with E-state index in [1.165, 1.54) is 0 Å². The van der Waals surface area contributed by atoms with Crippen molar-refractivity contribution in [1.29, 1.82) is 0 Å². The molecule has 0 radical (unpaired) electrons. The number of benzene rings is 1. The molecule has 0 amide bonds. The van der Waals surface area contributed by atoms with Crippen LogP contribution in [0.25, 0.3) is 0 Å². The standard InChI is InChI=1S/C18H19Cl2N3O3/c19-13-8-14(20)18(21-9-13)23-5-3-22(4-6-23)10-15(24)12-1-2-16-17(7-12)26-11-25-16/h1-2,7-9,15,24H,3-6,10-11H2. The quantitative estimate of drug-likeness (QED) is 0.858. The highest BCUT2D eigenvalue weighted by atomic mass is 35.5. The Hall–Kier alpha value is -1.73. The monoisotopic (exact) mass is 395 g/mol. The van der Waals surface area contributed by atoms with Crippen LogP contribution in [-0.4, -0.2) is 54.5 Å². The van der Waals surface area contributed by atoms with Gasteiger partial charge in [0.1, 0.15) is 5.82 Å². The van der Waals surface area contributed by atoms with Gasteiger partial charge in [-0.05, 0) is 23.8 Å². The predicted octanol–water partition coefficient (Wildman–Crippen LogP) is 2.97. The van der Waals surface area contributed by atoms with Crippen LogP contribution >= 0.6 is 23.2 Å². The van der Waals surface area contributed by atoms with Gasteiger partial charge in [-0.3, -0.25) is 4.90 Å². The molecule has 138 valence electrons. The van der Waals surface area contributed by atoms with Gasteiger partial charge in [-0.15, -0.1) is 0 Å². The highest BCUT2D eigenvalue weighted by Crippen LogP contribution is 2.34. The Morgan fingerprint density at radius 3 is 2.62 bits per heavy atom. The molecule has 1 fully saturated rings. The fourth-order valence-electron chi connectivity index (χ4n) is 3.25. The summed E-state index contributed by atoms with van der Waals surface area (Å²) in [6, 6.07) is 7.28. The minimum absolute atomic E-state index is 0.234. The second-order valence-electron chi connectivity index (χ2n) is 6.38. The Kier molecular flexibility index (Phi) is 5.09. The number of fused-ring (bicyclic) bond motifs is 1. The molecule has 1 aromatic carbocycles. The molecule has 3 heterocycles. The summed E-state index contributed by atoms with van der Waals surface area (Å²) < 4.78 is 10.7. The van der Waals surface area contributed by atoms with Gasteiger partial charge in [-0.1, -0.05) is 29.3 Å². The van der Waals surface area contributed by atoms with E-state index in [0.29, 0.717) is 22.3 Å². The zero-order chi connectivity index (χ0) is 18.1. The van der Waals surface area contributed by atoms with E-state index in [1.54, 1.807) is 12.3 Å². The molecule has 1 aromatic heterocycles. The number of hydrogen-bond acceptors (Lipinski definition) is 6. The molecule has 1 N–H and O–H groups in total. The lowest BCUT2D eigenvalue weighted by Gasteiger charge is -2.36. The first-order valence-corrected chi connectivity index (χ1v) is 9.22. The third kappa shape index (κ3) is 3.69. The molecule has 6 nitrogen and oxygen atoms in total. The van der Waals surface area contributed by atoms with Gasteiger partial charge in [0, 0.05) is 38.9 Å². The smallest absolute Gasteiger partial charge is 0.231 e. The number of nitrogens with zero attached hydrogens (tertiary/aromatic N) is 3. The summed E-state index contributed by atoms with van der Waals surface area (Å²) in [6.45, 7) is 4.03. The second-order valence-corrected chi connectivity index (χ2v) is 7.22. The summed E-state index contributed by atoms with van der Waals surface area (Å²) in [5.74, 6) is 2.17. The van der Waals surface area contributed by atoms with E-state index in [2.05, 4.69) is 14.8 Å². The Morgan fingerprint density at radius 1 is 1.08 bits per heavy atom. The van der Waals surface area contributed by atoms with Gasteiger partial charge in [0.05, 0.1) is 16.1 Å². The zero-order valence-electron chi connectivity index (χ0n) is 14.1. The minimum atomic E-state index is -0.576. The molecule has 1 saturated heterocycles. The van der Waals surface area contributed by atoms with Crippen molar-refractivity contribution in [2.24, 2.45) is 0 Å². The number of aromatic nitrogens is 1. The van der Waals surface area contributed by atoms with Gasteiger partial charge in [0.2, 0.25) is 6.79 Å². The van der Waals surface area contributed by atoms with Crippen LogP contribution in [0.15, 0.2) is 30.5 Å². The molecule has 0 bridgehead atoms. The van der Waals surface area contributed by atoms with Crippen LogP contribution < -0.4 is 14.4 Å². The summed E-state index contributed by atoms with van der Waals surface area (Å²) >= 11 is 12.2.